The van der Waals surface area contributed by atoms with Gasteiger partial charge in [0.25, 0.3) is 0 Å². The largest absolute Gasteiger partial charge is 0.467 e. The molecule has 5 nitrogen and oxygen atoms in total. The summed E-state index contributed by atoms with van der Waals surface area (Å²) in [6.07, 6.45) is -0.761. The molecule has 0 saturated heterocycles. The number of carbonyl (C=O) groups excluding carboxylic acids is 2. The Hall–Kier alpha value is -0.750. The second-order valence-electron chi connectivity index (χ2n) is 3.30. The van der Waals surface area contributed by atoms with E-state index in [0.29, 0.717) is 0 Å². The van der Waals surface area contributed by atoms with Crippen molar-refractivity contribution in [1.29, 1.82) is 0 Å². The molecule has 0 spiro atoms. The van der Waals surface area contributed by atoms with E-state index in [1.807, 2.05) is 0 Å². The van der Waals surface area contributed by atoms with Gasteiger partial charge in [-0.3, -0.25) is 4.79 Å². The molecule has 0 bridgehead atoms. The van der Waals surface area contributed by atoms with Crippen LogP contribution in [0.3, 0.4) is 0 Å². The van der Waals surface area contributed by atoms with Gasteiger partial charge in [-0.15, -0.1) is 0 Å². The summed E-state index contributed by atoms with van der Waals surface area (Å²) < 4.78 is 4.48. The van der Waals surface area contributed by atoms with Gasteiger partial charge in [0.15, 0.2) is 0 Å². The van der Waals surface area contributed by atoms with Gasteiger partial charge in [0.1, 0.15) is 6.04 Å². The number of ether oxygens (including phenoxy) is 1. The number of thiol groups is 1. The first kappa shape index (κ1) is 14.2. The molecule has 15 heavy (non-hydrogen) atoms. The number of hydrogen-bond donors (Lipinski definition) is 3. The molecule has 2 N–H and O–H groups in total. The van der Waals surface area contributed by atoms with Crippen molar-refractivity contribution in [2.45, 2.75) is 26.0 Å². The SMILES string of the molecule is COC(=O)[C@H](CS)NC(=O)[C@@H](C)C(C)O. The maximum Gasteiger partial charge on any atom is 0.329 e. The van der Waals surface area contributed by atoms with Crippen LogP contribution >= 0.6 is 12.6 Å². The van der Waals surface area contributed by atoms with E-state index in [1.54, 1.807) is 6.92 Å². The Labute approximate surface area is 94.6 Å². The molecule has 1 unspecified atom stereocenters. The van der Waals surface area contributed by atoms with Crippen molar-refractivity contribution in [3.8, 4) is 0 Å². The molecule has 0 radical (unpaired) electrons. The van der Waals surface area contributed by atoms with Gasteiger partial charge < -0.3 is 15.2 Å². The molecule has 0 aromatic rings. The molecule has 88 valence electrons. The zero-order chi connectivity index (χ0) is 12.0. The lowest BCUT2D eigenvalue weighted by molar-refractivity contribution is -0.145. The van der Waals surface area contributed by atoms with Crippen molar-refractivity contribution < 1.29 is 19.4 Å². The van der Waals surface area contributed by atoms with Crippen LogP contribution in [0.1, 0.15) is 13.8 Å². The summed E-state index contributed by atoms with van der Waals surface area (Å²) in [7, 11) is 1.24. The van der Waals surface area contributed by atoms with Crippen LogP contribution in [0.15, 0.2) is 0 Å². The molecule has 0 aliphatic heterocycles. The van der Waals surface area contributed by atoms with Crippen LogP contribution in [0.5, 0.6) is 0 Å². The molecular weight excluding hydrogens is 218 g/mol. The summed E-state index contributed by atoms with van der Waals surface area (Å²) in [4.78, 5) is 22.6. The highest BCUT2D eigenvalue weighted by Crippen LogP contribution is 2.03. The Kier molecular flexibility index (Phi) is 6.35. The van der Waals surface area contributed by atoms with Crippen molar-refractivity contribution in [1.82, 2.24) is 5.32 Å². The molecule has 6 heteroatoms. The van der Waals surface area contributed by atoms with Crippen molar-refractivity contribution >= 4 is 24.5 Å². The summed E-state index contributed by atoms with van der Waals surface area (Å²) in [6.45, 7) is 3.09. The van der Waals surface area contributed by atoms with Gasteiger partial charge in [0.05, 0.1) is 19.1 Å². The predicted molar refractivity (Wildman–Crippen MR) is 58.6 cm³/mol. The first-order valence-corrected chi connectivity index (χ1v) is 5.24. The fourth-order valence-corrected chi connectivity index (χ4v) is 1.08. The summed E-state index contributed by atoms with van der Waals surface area (Å²) in [5, 5.41) is 11.6. The fourth-order valence-electron chi connectivity index (χ4n) is 0.844. The summed E-state index contributed by atoms with van der Waals surface area (Å²) in [5.41, 5.74) is 0. The Balaban J connectivity index is 4.30. The van der Waals surface area contributed by atoms with Gasteiger partial charge >= 0.3 is 5.97 Å². The van der Waals surface area contributed by atoms with Crippen LogP contribution in [0.4, 0.5) is 0 Å². The highest BCUT2D eigenvalue weighted by molar-refractivity contribution is 7.80. The smallest absolute Gasteiger partial charge is 0.329 e. The molecular formula is C9H17NO4S. The van der Waals surface area contributed by atoms with E-state index in [1.165, 1.54) is 14.0 Å². The van der Waals surface area contributed by atoms with Gasteiger partial charge in [-0.05, 0) is 6.92 Å². The van der Waals surface area contributed by atoms with Crippen LogP contribution in [-0.2, 0) is 14.3 Å². The average molecular weight is 235 g/mol. The highest BCUT2D eigenvalue weighted by atomic mass is 32.1. The lowest BCUT2D eigenvalue weighted by atomic mass is 10.1. The minimum atomic E-state index is -0.771. The van der Waals surface area contributed by atoms with Gasteiger partial charge in [0, 0.05) is 5.75 Å². The molecule has 0 aromatic heterocycles. The van der Waals surface area contributed by atoms with Gasteiger partial charge in [-0.25, -0.2) is 4.79 Å². The number of carbonyl (C=O) groups is 2. The van der Waals surface area contributed by atoms with E-state index in [-0.39, 0.29) is 5.75 Å². The summed E-state index contributed by atoms with van der Waals surface area (Å²) >= 11 is 3.93. The lowest BCUT2D eigenvalue weighted by Crippen LogP contribution is -2.46. The molecule has 0 aromatic carbocycles. The summed E-state index contributed by atoms with van der Waals surface area (Å²) in [5.74, 6) is -1.35. The highest BCUT2D eigenvalue weighted by Gasteiger charge is 2.24. The minimum absolute atomic E-state index is 0.158. The van der Waals surface area contributed by atoms with Gasteiger partial charge in [-0.2, -0.15) is 12.6 Å². The zero-order valence-electron chi connectivity index (χ0n) is 9.06. The maximum absolute atomic E-state index is 11.5. The third kappa shape index (κ3) is 4.53. The number of rotatable bonds is 5. The summed E-state index contributed by atoms with van der Waals surface area (Å²) in [6, 6.07) is -0.771. The Morgan fingerprint density at radius 2 is 2.00 bits per heavy atom. The van der Waals surface area contributed by atoms with Gasteiger partial charge in [-0.1, -0.05) is 6.92 Å². The van der Waals surface area contributed by atoms with Crippen molar-refractivity contribution in [2.75, 3.05) is 12.9 Å². The second kappa shape index (κ2) is 6.68. The predicted octanol–water partition coefficient (Wildman–Crippen LogP) is -0.409. The zero-order valence-corrected chi connectivity index (χ0v) is 9.95. The van der Waals surface area contributed by atoms with Crippen molar-refractivity contribution in [3.05, 3.63) is 0 Å². The fraction of sp³-hybridized carbons (Fsp3) is 0.778. The topological polar surface area (TPSA) is 75.6 Å². The number of aliphatic hydroxyl groups excluding tert-OH is 1. The van der Waals surface area contributed by atoms with Crippen molar-refractivity contribution in [2.24, 2.45) is 5.92 Å². The van der Waals surface area contributed by atoms with Crippen LogP contribution in [0.25, 0.3) is 0 Å². The first-order chi connectivity index (χ1) is 6.93. The quantitative estimate of drug-likeness (QED) is 0.447. The molecule has 0 saturated carbocycles. The first-order valence-electron chi connectivity index (χ1n) is 4.61. The molecule has 1 amide bonds. The van der Waals surface area contributed by atoms with Crippen LogP contribution in [0, 0.1) is 5.92 Å². The number of methoxy groups -OCH3 is 1. The van der Waals surface area contributed by atoms with E-state index in [9.17, 15) is 14.7 Å². The molecule has 0 aliphatic carbocycles. The Morgan fingerprint density at radius 1 is 1.47 bits per heavy atom. The second-order valence-corrected chi connectivity index (χ2v) is 3.66. The number of hydrogen-bond acceptors (Lipinski definition) is 5. The van der Waals surface area contributed by atoms with Crippen LogP contribution in [-0.4, -0.2) is 42.0 Å². The van der Waals surface area contributed by atoms with E-state index >= 15 is 0 Å². The third-order valence-corrected chi connectivity index (χ3v) is 2.49. The third-order valence-electron chi connectivity index (χ3n) is 2.12. The normalized spacial score (nSPS) is 16.3. The number of aliphatic hydroxyl groups is 1. The van der Waals surface area contributed by atoms with E-state index in [2.05, 4.69) is 22.7 Å². The number of nitrogens with one attached hydrogen (secondary N) is 1. The number of esters is 1. The molecule has 0 fully saturated rings. The Morgan fingerprint density at radius 3 is 2.33 bits per heavy atom. The Bertz CT molecular complexity index is 232. The minimum Gasteiger partial charge on any atom is -0.467 e. The van der Waals surface area contributed by atoms with E-state index < -0.39 is 29.9 Å². The molecule has 3 atom stereocenters. The maximum atomic E-state index is 11.5. The van der Waals surface area contributed by atoms with E-state index in [4.69, 9.17) is 0 Å². The van der Waals surface area contributed by atoms with E-state index in [0.717, 1.165) is 0 Å². The van der Waals surface area contributed by atoms with Crippen LogP contribution in [0.2, 0.25) is 0 Å². The standard InChI is InChI=1S/C9H17NO4S/c1-5(6(2)11)8(12)10-7(4-15)9(13)14-3/h5-7,11,15H,4H2,1-3H3,(H,10,12)/t5-,6?,7-/m0/s1. The van der Waals surface area contributed by atoms with Crippen LogP contribution < -0.4 is 5.32 Å². The molecule has 0 rings (SSSR count). The average Bonchev–Trinajstić information content (AvgIpc) is 2.22. The molecule has 0 heterocycles. The van der Waals surface area contributed by atoms with Crippen molar-refractivity contribution in [3.63, 3.8) is 0 Å². The molecule has 0 aliphatic rings. The van der Waals surface area contributed by atoms with Gasteiger partial charge in [0.2, 0.25) is 5.91 Å². The number of amides is 1. The lowest BCUT2D eigenvalue weighted by Gasteiger charge is -2.18. The monoisotopic (exact) mass is 235 g/mol.